The van der Waals surface area contributed by atoms with E-state index in [1.807, 2.05) is 0 Å². The van der Waals surface area contributed by atoms with Crippen molar-refractivity contribution in [2.24, 2.45) is 0 Å². The fraction of sp³-hybridized carbons (Fsp3) is 0.350. The number of halogens is 1. The number of methoxy groups -OCH3 is 1. The first-order valence-electron chi connectivity index (χ1n) is 9.32. The van der Waals surface area contributed by atoms with Crippen LogP contribution >= 0.6 is 11.6 Å². The number of amides is 1. The van der Waals surface area contributed by atoms with Crippen LogP contribution in [0, 0.1) is 0 Å². The van der Waals surface area contributed by atoms with Crippen molar-refractivity contribution in [2.75, 3.05) is 45.2 Å². The predicted octanol–water partition coefficient (Wildman–Crippen LogP) is 2.93. The van der Waals surface area contributed by atoms with Crippen LogP contribution in [0.5, 0.6) is 5.75 Å². The van der Waals surface area contributed by atoms with Crippen molar-refractivity contribution in [1.82, 2.24) is 9.21 Å². The molecule has 7 nitrogen and oxygen atoms in total. The van der Waals surface area contributed by atoms with Crippen molar-refractivity contribution in [2.45, 2.75) is 11.8 Å². The molecular weight excluding hydrogens is 414 g/mol. The number of nitrogens with one attached hydrogen (secondary N) is 1. The summed E-state index contributed by atoms with van der Waals surface area (Å²) in [6.07, 6.45) is 0. The highest BCUT2D eigenvalue weighted by Crippen LogP contribution is 2.25. The van der Waals surface area contributed by atoms with Gasteiger partial charge in [-0.15, -0.1) is 0 Å². The molecule has 0 aromatic heterocycles. The normalized spacial score (nSPS) is 15.8. The summed E-state index contributed by atoms with van der Waals surface area (Å²) in [5, 5.41) is 3.16. The van der Waals surface area contributed by atoms with E-state index >= 15 is 0 Å². The number of hydrogen-bond acceptors (Lipinski definition) is 5. The lowest BCUT2D eigenvalue weighted by atomic mass is 10.2. The van der Waals surface area contributed by atoms with Gasteiger partial charge >= 0.3 is 0 Å². The molecule has 0 radical (unpaired) electrons. The van der Waals surface area contributed by atoms with Crippen molar-refractivity contribution >= 4 is 33.2 Å². The number of hydrogen-bond donors (Lipinski definition) is 1. The molecule has 1 N–H and O–H groups in total. The van der Waals surface area contributed by atoms with Crippen LogP contribution in [0.1, 0.15) is 17.3 Å². The largest absolute Gasteiger partial charge is 0.496 e. The van der Waals surface area contributed by atoms with Gasteiger partial charge in [0.15, 0.2) is 0 Å². The number of ether oxygens (including phenoxy) is 1. The lowest BCUT2D eigenvalue weighted by molar-refractivity contribution is 0.102. The van der Waals surface area contributed by atoms with Gasteiger partial charge in [-0.3, -0.25) is 4.79 Å². The van der Waals surface area contributed by atoms with Crippen LogP contribution in [-0.2, 0) is 10.0 Å². The first-order valence-corrected chi connectivity index (χ1v) is 11.1. The number of piperazine rings is 1. The molecule has 1 saturated heterocycles. The molecule has 1 heterocycles. The van der Waals surface area contributed by atoms with Crippen LogP contribution in [-0.4, -0.2) is 63.4 Å². The molecule has 156 valence electrons. The molecule has 1 amide bonds. The third-order valence-electron chi connectivity index (χ3n) is 4.93. The maximum atomic E-state index is 12.8. The molecule has 0 unspecified atom stereocenters. The average molecular weight is 438 g/mol. The third-order valence-corrected chi connectivity index (χ3v) is 7.08. The molecule has 0 spiro atoms. The molecule has 1 fully saturated rings. The number of sulfonamides is 1. The summed E-state index contributed by atoms with van der Waals surface area (Å²) < 4.78 is 32.4. The SMILES string of the molecule is CCN1CCN(S(=O)(=O)c2ccc(NC(=O)c3cc(Cl)ccc3OC)cc2)CC1. The van der Waals surface area contributed by atoms with Gasteiger partial charge in [0.25, 0.3) is 5.91 Å². The molecule has 9 heteroatoms. The van der Waals surface area contributed by atoms with Crippen LogP contribution < -0.4 is 10.1 Å². The van der Waals surface area contributed by atoms with Crippen molar-refractivity contribution < 1.29 is 17.9 Å². The number of carbonyl (C=O) groups is 1. The van der Waals surface area contributed by atoms with E-state index in [-0.39, 0.29) is 4.90 Å². The lowest BCUT2D eigenvalue weighted by Gasteiger charge is -2.33. The minimum absolute atomic E-state index is 0.209. The highest BCUT2D eigenvalue weighted by molar-refractivity contribution is 7.89. The molecular formula is C20H24ClN3O4S. The second-order valence-corrected chi connectivity index (χ2v) is 9.04. The summed E-state index contributed by atoms with van der Waals surface area (Å²) in [7, 11) is -2.08. The lowest BCUT2D eigenvalue weighted by Crippen LogP contribution is -2.48. The summed E-state index contributed by atoms with van der Waals surface area (Å²) in [4.78, 5) is 15.0. The Morgan fingerprint density at radius 2 is 1.76 bits per heavy atom. The second kappa shape index (κ2) is 9.13. The Morgan fingerprint density at radius 1 is 1.10 bits per heavy atom. The van der Waals surface area contributed by atoms with Crippen molar-refractivity contribution in [3.63, 3.8) is 0 Å². The molecule has 29 heavy (non-hydrogen) atoms. The number of anilines is 1. The summed E-state index contributed by atoms with van der Waals surface area (Å²) in [5.41, 5.74) is 0.775. The van der Waals surface area contributed by atoms with Crippen molar-refractivity contribution in [3.8, 4) is 5.75 Å². The zero-order chi connectivity index (χ0) is 21.0. The van der Waals surface area contributed by atoms with Gasteiger partial charge in [0.2, 0.25) is 10.0 Å². The number of carbonyl (C=O) groups excluding carboxylic acids is 1. The van der Waals surface area contributed by atoms with E-state index in [0.29, 0.717) is 35.1 Å². The standard InChI is InChI=1S/C20H24ClN3O4S/c1-3-23-10-12-24(13-11-23)29(26,27)17-7-5-16(6-8-17)22-20(25)18-14-15(21)4-9-19(18)28-2/h4-9,14H,3,10-13H2,1-2H3,(H,22,25). The molecule has 1 aliphatic heterocycles. The highest BCUT2D eigenvalue weighted by Gasteiger charge is 2.28. The quantitative estimate of drug-likeness (QED) is 0.751. The maximum Gasteiger partial charge on any atom is 0.259 e. The Balaban J connectivity index is 1.72. The molecule has 0 saturated carbocycles. The van der Waals surface area contributed by atoms with Gasteiger partial charge in [-0.05, 0) is 49.0 Å². The molecule has 0 bridgehead atoms. The van der Waals surface area contributed by atoms with E-state index in [2.05, 4.69) is 17.1 Å². The maximum absolute atomic E-state index is 12.8. The molecule has 1 aliphatic rings. The Labute approximate surface area is 176 Å². The van der Waals surface area contributed by atoms with Crippen molar-refractivity contribution in [3.05, 3.63) is 53.1 Å². The fourth-order valence-electron chi connectivity index (χ4n) is 3.20. The summed E-state index contributed by atoms with van der Waals surface area (Å²) >= 11 is 5.97. The molecule has 0 atom stereocenters. The van der Waals surface area contributed by atoms with Crippen LogP contribution in [0.2, 0.25) is 5.02 Å². The van der Waals surface area contributed by atoms with E-state index in [1.165, 1.54) is 29.6 Å². The Bertz CT molecular complexity index is 972. The number of benzene rings is 2. The van der Waals surface area contributed by atoms with E-state index in [1.54, 1.807) is 24.3 Å². The van der Waals surface area contributed by atoms with Gasteiger partial charge in [0.1, 0.15) is 5.75 Å². The van der Waals surface area contributed by atoms with Crippen LogP contribution in [0.4, 0.5) is 5.69 Å². The number of nitrogens with zero attached hydrogens (tertiary/aromatic N) is 2. The summed E-state index contributed by atoms with van der Waals surface area (Å²) in [6.45, 7) is 5.39. The Morgan fingerprint density at radius 3 is 2.34 bits per heavy atom. The van der Waals surface area contributed by atoms with Crippen molar-refractivity contribution in [1.29, 1.82) is 0 Å². The van der Waals surface area contributed by atoms with Crippen LogP contribution in [0.25, 0.3) is 0 Å². The highest BCUT2D eigenvalue weighted by atomic mass is 35.5. The minimum Gasteiger partial charge on any atom is -0.496 e. The van der Waals surface area contributed by atoms with Gasteiger partial charge in [0, 0.05) is 36.9 Å². The smallest absolute Gasteiger partial charge is 0.259 e. The third kappa shape index (κ3) is 4.90. The predicted molar refractivity (Wildman–Crippen MR) is 113 cm³/mol. The van der Waals surface area contributed by atoms with Gasteiger partial charge in [-0.25, -0.2) is 8.42 Å². The fourth-order valence-corrected chi connectivity index (χ4v) is 4.80. The molecule has 2 aromatic carbocycles. The molecule has 2 aromatic rings. The minimum atomic E-state index is -3.55. The molecule has 0 aliphatic carbocycles. The van der Waals surface area contributed by atoms with Gasteiger partial charge in [-0.1, -0.05) is 18.5 Å². The summed E-state index contributed by atoms with van der Waals surface area (Å²) in [5.74, 6) is 0.00737. The number of likely N-dealkylation sites (N-methyl/N-ethyl adjacent to an activating group) is 1. The Kier molecular flexibility index (Phi) is 6.79. The Hall–Kier alpha value is -2.13. The second-order valence-electron chi connectivity index (χ2n) is 6.66. The van der Waals surface area contributed by atoms with Crippen LogP contribution in [0.3, 0.4) is 0 Å². The first-order chi connectivity index (χ1) is 13.8. The average Bonchev–Trinajstić information content (AvgIpc) is 2.74. The van der Waals surface area contributed by atoms with E-state index in [4.69, 9.17) is 16.3 Å². The van der Waals surface area contributed by atoms with E-state index in [9.17, 15) is 13.2 Å². The topological polar surface area (TPSA) is 79.0 Å². The molecule has 3 rings (SSSR count). The van der Waals surface area contributed by atoms with E-state index in [0.717, 1.165) is 19.6 Å². The van der Waals surface area contributed by atoms with Gasteiger partial charge in [0.05, 0.1) is 17.6 Å². The first kappa shape index (κ1) is 21.6. The zero-order valence-electron chi connectivity index (χ0n) is 16.4. The van der Waals surface area contributed by atoms with Gasteiger partial charge in [-0.2, -0.15) is 4.31 Å². The zero-order valence-corrected chi connectivity index (χ0v) is 18.0. The van der Waals surface area contributed by atoms with Crippen LogP contribution in [0.15, 0.2) is 47.4 Å². The number of rotatable bonds is 6. The monoisotopic (exact) mass is 437 g/mol. The van der Waals surface area contributed by atoms with E-state index < -0.39 is 15.9 Å². The summed E-state index contributed by atoms with van der Waals surface area (Å²) in [6, 6.07) is 10.9. The van der Waals surface area contributed by atoms with Gasteiger partial charge < -0.3 is 15.0 Å².